The number of hydrogen-bond acceptors (Lipinski definition) is 4. The van der Waals surface area contributed by atoms with Crippen molar-refractivity contribution in [2.24, 2.45) is 0 Å². The van der Waals surface area contributed by atoms with Crippen molar-refractivity contribution in [3.8, 4) is 0 Å². The minimum atomic E-state index is -2.29. The molecular formula is C7H15O4P. The van der Waals surface area contributed by atoms with E-state index in [4.69, 9.17) is 4.74 Å². The molecule has 72 valence electrons. The Morgan fingerprint density at radius 1 is 1.33 bits per heavy atom. The van der Waals surface area contributed by atoms with E-state index < -0.39 is 13.1 Å². The molecule has 0 saturated carbocycles. The molecule has 0 atom stereocenters. The monoisotopic (exact) mass is 194 g/mol. The minimum absolute atomic E-state index is 0.0106. The molecule has 0 saturated heterocycles. The van der Waals surface area contributed by atoms with Crippen molar-refractivity contribution in [2.45, 2.75) is 0 Å². The Balaban J connectivity index is 3.54. The molecule has 0 aromatic rings. The first-order chi connectivity index (χ1) is 5.45. The zero-order chi connectivity index (χ0) is 9.61. The second-order valence-corrected chi connectivity index (χ2v) is 6.41. The van der Waals surface area contributed by atoms with Gasteiger partial charge in [-0.1, -0.05) is 0 Å². The van der Waals surface area contributed by atoms with Gasteiger partial charge in [-0.15, -0.1) is 0 Å². The van der Waals surface area contributed by atoms with Crippen molar-refractivity contribution < 1.29 is 18.8 Å². The normalized spacial score (nSPS) is 11.2. The van der Waals surface area contributed by atoms with E-state index in [-0.39, 0.29) is 12.8 Å². The van der Waals surface area contributed by atoms with Gasteiger partial charge in [0, 0.05) is 7.11 Å². The van der Waals surface area contributed by atoms with E-state index in [1.54, 1.807) is 13.3 Å². The van der Waals surface area contributed by atoms with E-state index in [1.807, 2.05) is 0 Å². The van der Waals surface area contributed by atoms with Gasteiger partial charge in [-0.25, -0.2) is 0 Å². The first-order valence-electron chi connectivity index (χ1n) is 3.64. The van der Waals surface area contributed by atoms with E-state index in [1.165, 1.54) is 7.11 Å². The van der Waals surface area contributed by atoms with Crippen LogP contribution in [0.15, 0.2) is 0 Å². The molecule has 0 spiro atoms. The Morgan fingerprint density at radius 3 is 2.33 bits per heavy atom. The third-order valence-electron chi connectivity index (χ3n) is 1.06. The summed E-state index contributed by atoms with van der Waals surface area (Å²) in [6.45, 7) is 3.73. The van der Waals surface area contributed by atoms with Gasteiger partial charge >= 0.3 is 5.97 Å². The van der Waals surface area contributed by atoms with Gasteiger partial charge in [-0.3, -0.25) is 4.79 Å². The molecule has 0 amide bonds. The molecule has 4 nitrogen and oxygen atoms in total. The van der Waals surface area contributed by atoms with E-state index in [0.717, 1.165) is 0 Å². The highest BCUT2D eigenvalue weighted by Crippen LogP contribution is 2.35. The predicted molar refractivity (Wildman–Crippen MR) is 47.2 cm³/mol. The lowest BCUT2D eigenvalue weighted by atomic mass is 10.7. The fraction of sp³-hybridized carbons (Fsp3) is 0.857. The van der Waals surface area contributed by atoms with Crippen molar-refractivity contribution in [1.82, 2.24) is 0 Å². The van der Waals surface area contributed by atoms with Crippen molar-refractivity contribution >= 4 is 13.1 Å². The number of carbonyl (C=O) groups excluding carboxylic acids is 1. The molecule has 0 rings (SSSR count). The van der Waals surface area contributed by atoms with Crippen LogP contribution in [0.1, 0.15) is 0 Å². The standard InChI is InChI=1S/C7H15O4P/c1-10-4-5-11-7(8)6-12(2,3)9/h4-6H2,1-3H3. The van der Waals surface area contributed by atoms with Crippen LogP contribution < -0.4 is 0 Å². The summed E-state index contributed by atoms with van der Waals surface area (Å²) in [6.07, 6.45) is 0.0106. The average molecular weight is 194 g/mol. The molecule has 0 N–H and O–H groups in total. The molecule has 0 fully saturated rings. The summed E-state index contributed by atoms with van der Waals surface area (Å²) < 4.78 is 20.5. The van der Waals surface area contributed by atoms with Gasteiger partial charge in [0.1, 0.15) is 6.61 Å². The third kappa shape index (κ3) is 7.76. The molecule has 0 aromatic heterocycles. The quantitative estimate of drug-likeness (QED) is 0.369. The summed E-state index contributed by atoms with van der Waals surface area (Å²) in [5.41, 5.74) is 0. The van der Waals surface area contributed by atoms with Crippen molar-refractivity contribution in [2.75, 3.05) is 39.8 Å². The second kappa shape index (κ2) is 5.33. The van der Waals surface area contributed by atoms with Gasteiger partial charge in [0.15, 0.2) is 0 Å². The van der Waals surface area contributed by atoms with Gasteiger partial charge in [0.2, 0.25) is 0 Å². The summed E-state index contributed by atoms with van der Waals surface area (Å²) in [5, 5.41) is 0. The van der Waals surface area contributed by atoms with Gasteiger partial charge in [0.05, 0.1) is 19.9 Å². The number of hydrogen-bond donors (Lipinski definition) is 0. The smallest absolute Gasteiger partial charge is 0.313 e. The van der Waals surface area contributed by atoms with Crippen molar-refractivity contribution in [3.63, 3.8) is 0 Å². The fourth-order valence-corrected chi connectivity index (χ4v) is 1.31. The Hall–Kier alpha value is -0.340. The maximum absolute atomic E-state index is 11.1. The zero-order valence-electron chi connectivity index (χ0n) is 7.70. The Kier molecular flexibility index (Phi) is 5.18. The largest absolute Gasteiger partial charge is 0.463 e. The van der Waals surface area contributed by atoms with Gasteiger partial charge in [-0.2, -0.15) is 0 Å². The Morgan fingerprint density at radius 2 is 1.92 bits per heavy atom. The van der Waals surface area contributed by atoms with Gasteiger partial charge in [0.25, 0.3) is 0 Å². The number of methoxy groups -OCH3 is 1. The number of carbonyl (C=O) groups is 1. The zero-order valence-corrected chi connectivity index (χ0v) is 8.60. The molecule has 5 heteroatoms. The SMILES string of the molecule is COCCOC(=O)CP(C)(C)=O. The summed E-state index contributed by atoms with van der Waals surface area (Å²) in [5.74, 6) is -0.416. The van der Waals surface area contributed by atoms with Crippen LogP contribution in [0.2, 0.25) is 0 Å². The highest BCUT2D eigenvalue weighted by atomic mass is 31.2. The summed E-state index contributed by atoms with van der Waals surface area (Å²) in [4.78, 5) is 10.9. The van der Waals surface area contributed by atoms with Crippen LogP contribution in [0.25, 0.3) is 0 Å². The predicted octanol–water partition coefficient (Wildman–Crippen LogP) is 0.799. The number of rotatable bonds is 5. The Bertz CT molecular complexity index is 184. The first kappa shape index (κ1) is 11.7. The maximum atomic E-state index is 11.1. The molecule has 0 aliphatic rings. The number of ether oxygens (including phenoxy) is 2. The van der Waals surface area contributed by atoms with Gasteiger partial charge < -0.3 is 14.0 Å². The highest BCUT2D eigenvalue weighted by Gasteiger charge is 2.14. The Labute approximate surface area is 72.6 Å². The lowest BCUT2D eigenvalue weighted by molar-refractivity contribution is -0.141. The minimum Gasteiger partial charge on any atom is -0.463 e. The molecule has 0 unspecified atom stereocenters. The van der Waals surface area contributed by atoms with Crippen LogP contribution >= 0.6 is 7.14 Å². The fourth-order valence-electron chi connectivity index (χ4n) is 0.595. The molecule has 12 heavy (non-hydrogen) atoms. The van der Waals surface area contributed by atoms with Crippen LogP contribution in [0.4, 0.5) is 0 Å². The van der Waals surface area contributed by atoms with Crippen LogP contribution in [0, 0.1) is 0 Å². The summed E-state index contributed by atoms with van der Waals surface area (Å²) in [7, 11) is -0.760. The second-order valence-electron chi connectivity index (χ2n) is 2.95. The van der Waals surface area contributed by atoms with E-state index in [2.05, 4.69) is 4.74 Å². The molecule has 0 aromatic carbocycles. The molecular weight excluding hydrogens is 179 g/mol. The first-order valence-corrected chi connectivity index (χ1v) is 6.43. The average Bonchev–Trinajstić information content (AvgIpc) is 1.84. The molecule has 0 radical (unpaired) electrons. The topological polar surface area (TPSA) is 52.6 Å². The summed E-state index contributed by atoms with van der Waals surface area (Å²) in [6, 6.07) is 0. The van der Waals surface area contributed by atoms with E-state index in [9.17, 15) is 9.36 Å². The molecule has 0 aliphatic carbocycles. The molecule has 0 heterocycles. The van der Waals surface area contributed by atoms with Crippen molar-refractivity contribution in [1.29, 1.82) is 0 Å². The van der Waals surface area contributed by atoms with Crippen LogP contribution in [0.5, 0.6) is 0 Å². The van der Waals surface area contributed by atoms with Crippen LogP contribution in [-0.2, 0) is 18.8 Å². The lowest BCUT2D eigenvalue weighted by Crippen LogP contribution is -2.13. The number of esters is 1. The molecule has 0 aliphatic heterocycles. The molecule has 0 bridgehead atoms. The van der Waals surface area contributed by atoms with Crippen LogP contribution in [0.3, 0.4) is 0 Å². The highest BCUT2D eigenvalue weighted by molar-refractivity contribution is 7.63. The van der Waals surface area contributed by atoms with Gasteiger partial charge in [-0.05, 0) is 13.3 Å². The van der Waals surface area contributed by atoms with E-state index >= 15 is 0 Å². The third-order valence-corrected chi connectivity index (χ3v) is 2.08. The van der Waals surface area contributed by atoms with E-state index in [0.29, 0.717) is 6.61 Å². The maximum Gasteiger partial charge on any atom is 0.313 e. The summed E-state index contributed by atoms with van der Waals surface area (Å²) >= 11 is 0. The lowest BCUT2D eigenvalue weighted by Gasteiger charge is -2.06. The van der Waals surface area contributed by atoms with Crippen LogP contribution in [-0.4, -0.2) is 45.8 Å². The van der Waals surface area contributed by atoms with Crippen molar-refractivity contribution in [3.05, 3.63) is 0 Å².